The number of carbonyl (C=O) groups excluding carboxylic acids is 1. The van der Waals surface area contributed by atoms with Crippen molar-refractivity contribution in [3.05, 3.63) is 34.9 Å². The van der Waals surface area contributed by atoms with Crippen LogP contribution in [0.5, 0.6) is 0 Å². The molecule has 0 aromatic heterocycles. The molecule has 0 saturated heterocycles. The molecule has 1 aromatic rings. The number of hydrogen-bond acceptors (Lipinski definition) is 3. The van der Waals surface area contributed by atoms with Gasteiger partial charge >= 0.3 is 0 Å². The fourth-order valence-corrected chi connectivity index (χ4v) is 1.72. The molecular formula is C14H17ClN2O2. The standard InChI is InChI=1S/C14H17ClN2O2/c1-9(2)19-14(16-10-7-8-10)17-13(18)11-5-3-4-6-12(11)15/h3-6,9-10H,7-8H2,1-2H3,(H,16,17,18). The summed E-state index contributed by atoms with van der Waals surface area (Å²) in [4.78, 5) is 16.4. The fourth-order valence-electron chi connectivity index (χ4n) is 1.49. The van der Waals surface area contributed by atoms with Gasteiger partial charge in [-0.15, -0.1) is 0 Å². The van der Waals surface area contributed by atoms with E-state index in [0.29, 0.717) is 10.6 Å². The Bertz CT molecular complexity index is 496. The van der Waals surface area contributed by atoms with Gasteiger partial charge in [0, 0.05) is 0 Å². The molecule has 1 saturated carbocycles. The van der Waals surface area contributed by atoms with Crippen LogP contribution in [0.3, 0.4) is 0 Å². The normalized spacial score (nSPS) is 15.5. The maximum Gasteiger partial charge on any atom is 0.292 e. The van der Waals surface area contributed by atoms with Crippen LogP contribution in [0.2, 0.25) is 5.02 Å². The number of amidine groups is 1. The van der Waals surface area contributed by atoms with Gasteiger partial charge in [0.2, 0.25) is 0 Å². The van der Waals surface area contributed by atoms with Crippen LogP contribution in [0.4, 0.5) is 0 Å². The van der Waals surface area contributed by atoms with E-state index in [4.69, 9.17) is 16.3 Å². The van der Waals surface area contributed by atoms with Crippen molar-refractivity contribution in [1.29, 1.82) is 0 Å². The highest BCUT2D eigenvalue weighted by Gasteiger charge is 2.23. The Morgan fingerprint density at radius 2 is 2.11 bits per heavy atom. The molecule has 1 N–H and O–H groups in total. The van der Waals surface area contributed by atoms with Crippen molar-refractivity contribution < 1.29 is 9.53 Å². The van der Waals surface area contributed by atoms with Gasteiger partial charge in [-0.25, -0.2) is 4.99 Å². The van der Waals surface area contributed by atoms with Gasteiger partial charge in [0.05, 0.1) is 22.7 Å². The molecule has 1 aliphatic carbocycles. The van der Waals surface area contributed by atoms with Gasteiger partial charge in [0.1, 0.15) is 0 Å². The molecule has 1 amide bonds. The molecule has 102 valence electrons. The molecule has 1 fully saturated rings. The van der Waals surface area contributed by atoms with Crippen LogP contribution in [0.25, 0.3) is 0 Å². The number of carbonyl (C=O) groups is 1. The zero-order valence-electron chi connectivity index (χ0n) is 11.0. The minimum absolute atomic E-state index is 0.0379. The second kappa shape index (κ2) is 6.06. The summed E-state index contributed by atoms with van der Waals surface area (Å²) in [5, 5.41) is 3.09. The van der Waals surface area contributed by atoms with Gasteiger partial charge in [-0.3, -0.25) is 10.1 Å². The Balaban J connectivity index is 2.08. The molecule has 4 nitrogen and oxygen atoms in total. The number of amides is 1. The SMILES string of the molecule is CC(C)OC(=NC1CC1)NC(=O)c1ccccc1Cl. The van der Waals surface area contributed by atoms with Crippen LogP contribution in [-0.2, 0) is 4.74 Å². The lowest BCUT2D eigenvalue weighted by Gasteiger charge is -2.13. The lowest BCUT2D eigenvalue weighted by atomic mass is 10.2. The summed E-state index contributed by atoms with van der Waals surface area (Å²) < 4.78 is 5.51. The van der Waals surface area contributed by atoms with E-state index in [2.05, 4.69) is 10.3 Å². The number of hydrogen-bond donors (Lipinski definition) is 1. The third kappa shape index (κ3) is 4.24. The Hall–Kier alpha value is -1.55. The number of nitrogens with one attached hydrogen (secondary N) is 1. The zero-order chi connectivity index (χ0) is 13.8. The molecule has 5 heteroatoms. The van der Waals surface area contributed by atoms with Crippen LogP contribution < -0.4 is 5.32 Å². The summed E-state index contributed by atoms with van der Waals surface area (Å²) in [6, 6.07) is 7.45. The minimum atomic E-state index is -0.300. The zero-order valence-corrected chi connectivity index (χ0v) is 11.8. The topological polar surface area (TPSA) is 50.7 Å². The molecule has 1 aromatic carbocycles. The first-order valence-electron chi connectivity index (χ1n) is 6.36. The molecule has 0 spiro atoms. The number of ether oxygens (including phenoxy) is 1. The third-order valence-corrected chi connectivity index (χ3v) is 2.86. The summed E-state index contributed by atoms with van der Waals surface area (Å²) in [6.45, 7) is 3.79. The summed E-state index contributed by atoms with van der Waals surface area (Å²) in [6.07, 6.45) is 2.06. The maximum absolute atomic E-state index is 12.1. The van der Waals surface area contributed by atoms with E-state index in [1.165, 1.54) is 0 Å². The lowest BCUT2D eigenvalue weighted by molar-refractivity contribution is 0.0960. The summed E-state index contributed by atoms with van der Waals surface area (Å²) in [7, 11) is 0. The number of nitrogens with zero attached hydrogens (tertiary/aromatic N) is 1. The molecule has 1 aliphatic rings. The van der Waals surface area contributed by atoms with E-state index in [0.717, 1.165) is 12.8 Å². The van der Waals surface area contributed by atoms with E-state index in [-0.39, 0.29) is 24.1 Å². The Morgan fingerprint density at radius 1 is 1.42 bits per heavy atom. The second-order valence-electron chi connectivity index (χ2n) is 4.77. The van der Waals surface area contributed by atoms with Crippen LogP contribution in [0, 0.1) is 0 Å². The van der Waals surface area contributed by atoms with Crippen molar-refractivity contribution in [3.8, 4) is 0 Å². The average Bonchev–Trinajstić information content (AvgIpc) is 3.12. The van der Waals surface area contributed by atoms with Crippen molar-refractivity contribution >= 4 is 23.5 Å². The second-order valence-corrected chi connectivity index (χ2v) is 5.17. The maximum atomic E-state index is 12.1. The van der Waals surface area contributed by atoms with Crippen LogP contribution in [0.15, 0.2) is 29.3 Å². The van der Waals surface area contributed by atoms with E-state index < -0.39 is 0 Å². The summed E-state index contributed by atoms with van der Waals surface area (Å²) in [5.74, 6) is -0.300. The monoisotopic (exact) mass is 280 g/mol. The first-order valence-corrected chi connectivity index (χ1v) is 6.74. The summed E-state index contributed by atoms with van der Waals surface area (Å²) in [5.41, 5.74) is 0.417. The number of rotatable bonds is 3. The highest BCUT2D eigenvalue weighted by atomic mass is 35.5. The van der Waals surface area contributed by atoms with Crippen molar-refractivity contribution in [1.82, 2.24) is 5.32 Å². The van der Waals surface area contributed by atoms with Gasteiger partial charge in [0.25, 0.3) is 11.9 Å². The predicted molar refractivity (Wildman–Crippen MR) is 75.6 cm³/mol. The lowest BCUT2D eigenvalue weighted by Crippen LogP contribution is -2.34. The molecule has 0 bridgehead atoms. The van der Waals surface area contributed by atoms with Crippen molar-refractivity contribution in [2.75, 3.05) is 0 Å². The summed E-state index contributed by atoms with van der Waals surface area (Å²) >= 11 is 5.98. The van der Waals surface area contributed by atoms with Gasteiger partial charge in [-0.05, 0) is 38.8 Å². The van der Waals surface area contributed by atoms with Gasteiger partial charge in [-0.2, -0.15) is 0 Å². The van der Waals surface area contributed by atoms with E-state index in [1.807, 2.05) is 13.8 Å². The molecule has 0 unspecified atom stereocenters. The van der Waals surface area contributed by atoms with E-state index in [1.54, 1.807) is 24.3 Å². The molecule has 0 atom stereocenters. The van der Waals surface area contributed by atoms with Gasteiger partial charge < -0.3 is 4.74 Å². The molecular weight excluding hydrogens is 264 g/mol. The number of aliphatic imine (C=N–C) groups is 1. The van der Waals surface area contributed by atoms with Crippen molar-refractivity contribution in [2.45, 2.75) is 38.8 Å². The molecule has 0 heterocycles. The highest BCUT2D eigenvalue weighted by Crippen LogP contribution is 2.23. The minimum Gasteiger partial charge on any atom is -0.462 e. The number of benzene rings is 1. The highest BCUT2D eigenvalue weighted by molar-refractivity contribution is 6.34. The predicted octanol–water partition coefficient (Wildman–Crippen LogP) is 3.01. The Labute approximate surface area is 117 Å². The van der Waals surface area contributed by atoms with Crippen LogP contribution in [-0.4, -0.2) is 24.1 Å². The quantitative estimate of drug-likeness (QED) is 0.683. The van der Waals surface area contributed by atoms with E-state index >= 15 is 0 Å². The Kier molecular flexibility index (Phi) is 4.43. The van der Waals surface area contributed by atoms with Crippen molar-refractivity contribution in [3.63, 3.8) is 0 Å². The van der Waals surface area contributed by atoms with Gasteiger partial charge in [-0.1, -0.05) is 23.7 Å². The molecule has 2 rings (SSSR count). The molecule has 0 radical (unpaired) electrons. The third-order valence-electron chi connectivity index (χ3n) is 2.53. The Morgan fingerprint density at radius 3 is 2.68 bits per heavy atom. The first-order chi connectivity index (χ1) is 9.06. The van der Waals surface area contributed by atoms with Crippen molar-refractivity contribution in [2.24, 2.45) is 4.99 Å². The largest absolute Gasteiger partial charge is 0.462 e. The van der Waals surface area contributed by atoms with Gasteiger partial charge in [0.15, 0.2) is 0 Å². The molecule has 0 aliphatic heterocycles. The number of halogens is 1. The molecule has 19 heavy (non-hydrogen) atoms. The van der Waals surface area contributed by atoms with E-state index in [9.17, 15) is 4.79 Å². The average molecular weight is 281 g/mol. The fraction of sp³-hybridized carbons (Fsp3) is 0.429. The smallest absolute Gasteiger partial charge is 0.292 e. The van der Waals surface area contributed by atoms with Crippen LogP contribution >= 0.6 is 11.6 Å². The van der Waals surface area contributed by atoms with Crippen LogP contribution in [0.1, 0.15) is 37.0 Å². The first kappa shape index (κ1) is 13.9.